The molecule has 0 saturated carbocycles. The molecule has 1 fully saturated rings. The second-order valence-corrected chi connectivity index (χ2v) is 11.4. The molecule has 4 aromatic rings. The molecule has 0 aliphatic carbocycles. The first-order valence-corrected chi connectivity index (χ1v) is 12.5. The van der Waals surface area contributed by atoms with Gasteiger partial charge < -0.3 is 9.80 Å². The summed E-state index contributed by atoms with van der Waals surface area (Å²) in [6.45, 7) is 13.7. The van der Waals surface area contributed by atoms with Gasteiger partial charge in [-0.15, -0.1) is 0 Å². The molecule has 9 heteroatoms. The van der Waals surface area contributed by atoms with Crippen molar-refractivity contribution in [1.29, 1.82) is 0 Å². The minimum Gasteiger partial charge on any atom is -0.333 e. The average molecular weight is 500 g/mol. The van der Waals surface area contributed by atoms with E-state index in [0.717, 1.165) is 16.8 Å². The number of nitrogens with zero attached hydrogens (tertiary/aromatic N) is 6. The van der Waals surface area contributed by atoms with Crippen molar-refractivity contribution in [2.75, 3.05) is 19.6 Å². The summed E-state index contributed by atoms with van der Waals surface area (Å²) in [6, 6.07) is 12.0. The van der Waals surface area contributed by atoms with E-state index < -0.39 is 5.54 Å². The third-order valence-corrected chi connectivity index (χ3v) is 6.97. The van der Waals surface area contributed by atoms with Crippen LogP contribution in [-0.4, -0.2) is 71.6 Å². The van der Waals surface area contributed by atoms with Crippen molar-refractivity contribution in [1.82, 2.24) is 34.6 Å². The number of benzene rings is 1. The summed E-state index contributed by atoms with van der Waals surface area (Å²) in [5.41, 5.74) is 4.75. The largest absolute Gasteiger partial charge is 0.333 e. The maximum atomic E-state index is 13.7. The number of fused-ring (bicyclic) bond motifs is 1. The SMILES string of the molecule is Cc1ccc(-c2cc(C(C)(C)C)c3nc(C(=O)N4CCN(C(=O)c5ccn[nH]5)CC4(C)C)cn3n2)cc1. The summed E-state index contributed by atoms with van der Waals surface area (Å²) in [4.78, 5) is 34.9. The molecule has 192 valence electrons. The number of aromatic nitrogens is 5. The van der Waals surface area contributed by atoms with Gasteiger partial charge in [0, 0.05) is 37.0 Å². The Kier molecular flexibility index (Phi) is 5.89. The maximum absolute atomic E-state index is 13.7. The number of carbonyl (C=O) groups is 2. The number of hydrogen-bond acceptors (Lipinski definition) is 5. The van der Waals surface area contributed by atoms with Crippen molar-refractivity contribution in [3.05, 3.63) is 71.3 Å². The lowest BCUT2D eigenvalue weighted by Gasteiger charge is -2.46. The van der Waals surface area contributed by atoms with Gasteiger partial charge in [-0.3, -0.25) is 14.7 Å². The van der Waals surface area contributed by atoms with E-state index in [2.05, 4.69) is 68.2 Å². The Hall–Kier alpha value is -4.01. The molecule has 3 aromatic heterocycles. The number of rotatable bonds is 3. The van der Waals surface area contributed by atoms with Crippen LogP contribution in [0, 0.1) is 6.92 Å². The van der Waals surface area contributed by atoms with Crippen LogP contribution in [0.1, 0.15) is 66.7 Å². The molecular formula is C28H33N7O2. The molecular weight excluding hydrogens is 466 g/mol. The second-order valence-electron chi connectivity index (χ2n) is 11.4. The Balaban J connectivity index is 1.47. The second kappa shape index (κ2) is 8.83. The molecule has 0 unspecified atom stereocenters. The van der Waals surface area contributed by atoms with Gasteiger partial charge >= 0.3 is 0 Å². The average Bonchev–Trinajstić information content (AvgIpc) is 3.52. The number of aryl methyl sites for hydroxylation is 1. The van der Waals surface area contributed by atoms with Crippen LogP contribution in [0.25, 0.3) is 16.9 Å². The van der Waals surface area contributed by atoms with Gasteiger partial charge in [-0.25, -0.2) is 9.50 Å². The van der Waals surface area contributed by atoms with Crippen molar-refractivity contribution < 1.29 is 9.59 Å². The van der Waals surface area contributed by atoms with Crippen LogP contribution in [0.2, 0.25) is 0 Å². The zero-order valence-electron chi connectivity index (χ0n) is 22.2. The van der Waals surface area contributed by atoms with Crippen molar-refractivity contribution >= 4 is 17.5 Å². The first-order valence-electron chi connectivity index (χ1n) is 12.5. The fourth-order valence-electron chi connectivity index (χ4n) is 4.89. The summed E-state index contributed by atoms with van der Waals surface area (Å²) in [5.74, 6) is -0.283. The maximum Gasteiger partial charge on any atom is 0.274 e. The topological polar surface area (TPSA) is 99.5 Å². The van der Waals surface area contributed by atoms with Gasteiger partial charge in [0.25, 0.3) is 11.8 Å². The highest BCUT2D eigenvalue weighted by Crippen LogP contribution is 2.31. The van der Waals surface area contributed by atoms with E-state index in [1.807, 2.05) is 18.7 Å². The van der Waals surface area contributed by atoms with Crippen molar-refractivity contribution in [3.8, 4) is 11.3 Å². The number of imidazole rings is 1. The molecule has 0 bridgehead atoms. The van der Waals surface area contributed by atoms with Gasteiger partial charge in [-0.05, 0) is 38.3 Å². The molecule has 1 saturated heterocycles. The minimum absolute atomic E-state index is 0.118. The monoisotopic (exact) mass is 499 g/mol. The van der Waals surface area contributed by atoms with Gasteiger partial charge in [0.2, 0.25) is 0 Å². The molecule has 5 rings (SSSR count). The van der Waals surface area contributed by atoms with Crippen LogP contribution in [0.5, 0.6) is 0 Å². The first kappa shape index (κ1) is 24.7. The van der Waals surface area contributed by atoms with Crippen molar-refractivity contribution in [3.63, 3.8) is 0 Å². The number of piperazine rings is 1. The number of nitrogens with one attached hydrogen (secondary N) is 1. The summed E-state index contributed by atoms with van der Waals surface area (Å²) >= 11 is 0. The Bertz CT molecular complexity index is 1460. The van der Waals surface area contributed by atoms with Crippen LogP contribution in [0.3, 0.4) is 0 Å². The molecule has 37 heavy (non-hydrogen) atoms. The number of H-pyrrole nitrogens is 1. The van der Waals surface area contributed by atoms with Gasteiger partial charge in [-0.2, -0.15) is 10.2 Å². The normalized spacial score (nSPS) is 15.8. The summed E-state index contributed by atoms with van der Waals surface area (Å²) < 4.78 is 1.73. The van der Waals surface area contributed by atoms with E-state index in [-0.39, 0.29) is 17.2 Å². The fraction of sp³-hybridized carbons (Fsp3) is 0.393. The number of amides is 2. The molecule has 9 nitrogen and oxygen atoms in total. The van der Waals surface area contributed by atoms with E-state index in [1.54, 1.807) is 27.9 Å². The predicted octanol–water partition coefficient (Wildman–Crippen LogP) is 4.10. The lowest BCUT2D eigenvalue weighted by molar-refractivity contribution is 0.0163. The third-order valence-electron chi connectivity index (χ3n) is 6.97. The van der Waals surface area contributed by atoms with E-state index in [1.165, 1.54) is 5.56 Å². The first-order chi connectivity index (χ1) is 17.4. The van der Waals surface area contributed by atoms with Gasteiger partial charge in [0.1, 0.15) is 11.4 Å². The van der Waals surface area contributed by atoms with Gasteiger partial charge in [0.05, 0.1) is 17.4 Å². The van der Waals surface area contributed by atoms with Crippen LogP contribution >= 0.6 is 0 Å². The molecule has 2 amide bonds. The number of aromatic amines is 1. The molecule has 1 aromatic carbocycles. The van der Waals surface area contributed by atoms with E-state index >= 15 is 0 Å². The summed E-state index contributed by atoms with van der Waals surface area (Å²) in [6.07, 6.45) is 3.29. The van der Waals surface area contributed by atoms with E-state index in [0.29, 0.717) is 36.7 Å². The van der Waals surface area contributed by atoms with Crippen molar-refractivity contribution in [2.45, 2.75) is 52.5 Å². The Labute approximate surface area is 216 Å². The molecule has 1 aliphatic heterocycles. The molecule has 1 N–H and O–H groups in total. The highest BCUT2D eigenvalue weighted by Gasteiger charge is 2.40. The Morgan fingerprint density at radius 3 is 2.38 bits per heavy atom. The molecule has 1 aliphatic rings. The van der Waals surface area contributed by atoms with Crippen LogP contribution in [0.15, 0.2) is 48.8 Å². The zero-order chi connectivity index (χ0) is 26.5. The Morgan fingerprint density at radius 1 is 1.03 bits per heavy atom. The summed E-state index contributed by atoms with van der Waals surface area (Å²) in [5, 5.41) is 11.4. The van der Waals surface area contributed by atoms with Crippen LogP contribution in [0.4, 0.5) is 0 Å². The Morgan fingerprint density at radius 2 is 1.76 bits per heavy atom. The third kappa shape index (κ3) is 4.61. The van der Waals surface area contributed by atoms with E-state index in [4.69, 9.17) is 10.1 Å². The molecule has 0 spiro atoms. The predicted molar refractivity (Wildman–Crippen MR) is 141 cm³/mol. The van der Waals surface area contributed by atoms with Crippen LogP contribution < -0.4 is 0 Å². The van der Waals surface area contributed by atoms with Gasteiger partial charge in [0.15, 0.2) is 5.65 Å². The van der Waals surface area contributed by atoms with Crippen LogP contribution in [-0.2, 0) is 5.41 Å². The zero-order valence-corrected chi connectivity index (χ0v) is 22.2. The lowest BCUT2D eigenvalue weighted by Crippen LogP contribution is -2.62. The smallest absolute Gasteiger partial charge is 0.274 e. The molecule has 0 radical (unpaired) electrons. The number of carbonyl (C=O) groups excluding carboxylic acids is 2. The standard InChI is InChI=1S/C28H33N7O2/c1-18-7-9-19(10-8-18)22-15-20(27(2,3)4)24-30-23(16-35(24)32-22)26(37)34-14-13-33(17-28(34,5)6)25(36)21-11-12-29-31-21/h7-12,15-16H,13-14,17H2,1-6H3,(H,29,31). The fourth-order valence-corrected chi connectivity index (χ4v) is 4.89. The highest BCUT2D eigenvalue weighted by molar-refractivity contribution is 5.95. The lowest BCUT2D eigenvalue weighted by atomic mass is 9.87. The quantitative estimate of drug-likeness (QED) is 0.458. The highest BCUT2D eigenvalue weighted by atomic mass is 16.2. The van der Waals surface area contributed by atoms with Gasteiger partial charge in [-0.1, -0.05) is 50.6 Å². The minimum atomic E-state index is -0.575. The number of hydrogen-bond donors (Lipinski definition) is 1. The molecule has 0 atom stereocenters. The van der Waals surface area contributed by atoms with E-state index in [9.17, 15) is 9.59 Å². The molecule has 4 heterocycles. The summed E-state index contributed by atoms with van der Waals surface area (Å²) in [7, 11) is 0. The van der Waals surface area contributed by atoms with Crippen molar-refractivity contribution in [2.24, 2.45) is 0 Å².